The molecule has 0 aromatic carbocycles. The number of carbonyl (C=O) groups excluding carboxylic acids is 1. The Morgan fingerprint density at radius 2 is 1.78 bits per heavy atom. The van der Waals surface area contributed by atoms with Crippen molar-refractivity contribution in [2.45, 2.75) is 57.6 Å². The molecule has 23 heavy (non-hydrogen) atoms. The van der Waals surface area contributed by atoms with Crippen LogP contribution in [0.2, 0.25) is 0 Å². The van der Waals surface area contributed by atoms with Crippen molar-refractivity contribution >= 4 is 16.1 Å². The second kappa shape index (κ2) is 6.27. The van der Waals surface area contributed by atoms with Gasteiger partial charge in [0.25, 0.3) is 0 Å². The molecule has 0 radical (unpaired) electrons. The third kappa shape index (κ3) is 4.02. The van der Waals surface area contributed by atoms with E-state index in [2.05, 4.69) is 11.7 Å². The average Bonchev–Trinajstić information content (AvgIpc) is 2.42. The highest BCUT2D eigenvalue weighted by Gasteiger charge is 2.55. The standard InChI is InChI=1S/C15H24F2O5S/c1-3-10-4-11-6-12(5-10)8-14(2,7-11)9-22-13(18)15(16,17)23(19,20)21/h10-12H,3-9H2,1-2H3,(H,19,20,21). The van der Waals surface area contributed by atoms with Gasteiger partial charge in [0.2, 0.25) is 0 Å². The van der Waals surface area contributed by atoms with Crippen LogP contribution in [0.1, 0.15) is 52.4 Å². The number of esters is 1. The maximum atomic E-state index is 13.2. The van der Waals surface area contributed by atoms with Gasteiger partial charge in [0.15, 0.2) is 0 Å². The van der Waals surface area contributed by atoms with E-state index in [9.17, 15) is 22.0 Å². The van der Waals surface area contributed by atoms with E-state index in [4.69, 9.17) is 4.55 Å². The maximum Gasteiger partial charge on any atom is 0.465 e. The molecular weight excluding hydrogens is 330 g/mol. The van der Waals surface area contributed by atoms with Gasteiger partial charge in [-0.25, -0.2) is 4.79 Å². The molecule has 1 N–H and O–H groups in total. The van der Waals surface area contributed by atoms with Crippen LogP contribution in [-0.4, -0.2) is 30.8 Å². The summed E-state index contributed by atoms with van der Waals surface area (Å²) in [4.78, 5) is 11.3. The van der Waals surface area contributed by atoms with Gasteiger partial charge < -0.3 is 4.74 Å². The summed E-state index contributed by atoms with van der Waals surface area (Å²) in [6.45, 7) is 3.81. The third-order valence-corrected chi connectivity index (χ3v) is 6.07. The summed E-state index contributed by atoms with van der Waals surface area (Å²) in [5, 5.41) is -4.92. The SMILES string of the molecule is CCC1CC2CC(C1)CC(C)(COC(=O)C(F)(F)S(=O)(=O)O)C2. The molecule has 0 saturated heterocycles. The second-order valence-corrected chi connectivity index (χ2v) is 8.96. The van der Waals surface area contributed by atoms with E-state index in [-0.39, 0.29) is 6.61 Å². The highest BCUT2D eigenvalue weighted by atomic mass is 32.2. The van der Waals surface area contributed by atoms with Gasteiger partial charge in [-0.05, 0) is 49.9 Å². The molecule has 0 aromatic rings. The van der Waals surface area contributed by atoms with Crippen LogP contribution in [0.4, 0.5) is 8.78 Å². The third-order valence-electron chi connectivity index (χ3n) is 5.25. The molecule has 2 atom stereocenters. The Morgan fingerprint density at radius 3 is 2.22 bits per heavy atom. The zero-order valence-corrected chi connectivity index (χ0v) is 14.2. The van der Waals surface area contributed by atoms with Gasteiger partial charge in [0, 0.05) is 5.41 Å². The number of alkyl halides is 2. The van der Waals surface area contributed by atoms with E-state index in [1.54, 1.807) is 0 Å². The fourth-order valence-electron chi connectivity index (χ4n) is 4.39. The van der Waals surface area contributed by atoms with Crippen LogP contribution in [-0.2, 0) is 19.6 Å². The molecule has 0 spiro atoms. The van der Waals surface area contributed by atoms with Gasteiger partial charge in [-0.1, -0.05) is 20.3 Å². The highest BCUT2D eigenvalue weighted by Crippen LogP contribution is 2.51. The normalized spacial score (nSPS) is 34.9. The molecule has 2 fully saturated rings. The largest absolute Gasteiger partial charge is 0.465 e. The van der Waals surface area contributed by atoms with Crippen LogP contribution in [0.3, 0.4) is 0 Å². The molecule has 134 valence electrons. The van der Waals surface area contributed by atoms with Crippen molar-refractivity contribution in [2.24, 2.45) is 23.2 Å². The smallest absolute Gasteiger partial charge is 0.460 e. The zero-order chi connectivity index (χ0) is 17.5. The lowest BCUT2D eigenvalue weighted by molar-refractivity contribution is -0.166. The van der Waals surface area contributed by atoms with Gasteiger partial charge in [-0.15, -0.1) is 0 Å². The fourth-order valence-corrected chi connectivity index (χ4v) is 4.66. The molecule has 0 aromatic heterocycles. The molecule has 2 rings (SSSR count). The summed E-state index contributed by atoms with van der Waals surface area (Å²) in [5.41, 5.74) is -0.419. The van der Waals surface area contributed by atoms with Crippen LogP contribution in [0.15, 0.2) is 0 Å². The molecule has 0 amide bonds. The number of hydrogen-bond acceptors (Lipinski definition) is 4. The minimum absolute atomic E-state index is 0.249. The Kier molecular flexibility index (Phi) is 5.07. The van der Waals surface area contributed by atoms with E-state index in [0.29, 0.717) is 17.8 Å². The molecular formula is C15H24F2O5S. The number of hydrogen-bond donors (Lipinski definition) is 1. The molecule has 2 aliphatic carbocycles. The maximum absolute atomic E-state index is 13.2. The first kappa shape index (κ1) is 18.6. The van der Waals surface area contributed by atoms with Crippen LogP contribution < -0.4 is 0 Å². The summed E-state index contributed by atoms with van der Waals surface area (Å²) in [6.07, 6.45) is 6.05. The van der Waals surface area contributed by atoms with Crippen molar-refractivity contribution in [1.29, 1.82) is 0 Å². The lowest BCUT2D eigenvalue weighted by atomic mass is 9.59. The number of rotatable bonds is 5. The topological polar surface area (TPSA) is 80.7 Å². The van der Waals surface area contributed by atoms with Crippen molar-refractivity contribution in [2.75, 3.05) is 6.61 Å². The molecule has 2 bridgehead atoms. The molecule has 2 saturated carbocycles. The molecule has 2 aliphatic rings. The monoisotopic (exact) mass is 354 g/mol. The van der Waals surface area contributed by atoms with Crippen molar-refractivity contribution in [1.82, 2.24) is 0 Å². The summed E-state index contributed by atoms with van der Waals surface area (Å²) < 4.78 is 60.5. The predicted molar refractivity (Wildman–Crippen MR) is 79.4 cm³/mol. The van der Waals surface area contributed by atoms with Crippen LogP contribution in [0.5, 0.6) is 0 Å². The van der Waals surface area contributed by atoms with Gasteiger partial charge in [0.05, 0.1) is 6.61 Å². The lowest BCUT2D eigenvalue weighted by Gasteiger charge is -2.47. The van der Waals surface area contributed by atoms with Crippen LogP contribution in [0, 0.1) is 23.2 Å². The Balaban J connectivity index is 1.97. The minimum Gasteiger partial charge on any atom is -0.460 e. The second-order valence-electron chi connectivity index (χ2n) is 7.50. The Morgan fingerprint density at radius 1 is 1.26 bits per heavy atom. The first-order chi connectivity index (χ1) is 10.5. The number of fused-ring (bicyclic) bond motifs is 2. The van der Waals surface area contributed by atoms with E-state index >= 15 is 0 Å². The van der Waals surface area contributed by atoms with E-state index in [1.807, 2.05) is 6.92 Å². The van der Waals surface area contributed by atoms with Crippen molar-refractivity contribution in [3.05, 3.63) is 0 Å². The molecule has 0 aliphatic heterocycles. The fraction of sp³-hybridized carbons (Fsp3) is 0.933. The van der Waals surface area contributed by atoms with Gasteiger partial charge in [-0.2, -0.15) is 17.2 Å². The first-order valence-corrected chi connectivity index (χ1v) is 9.43. The van der Waals surface area contributed by atoms with Crippen molar-refractivity contribution < 1.29 is 31.3 Å². The summed E-state index contributed by atoms with van der Waals surface area (Å²) >= 11 is 0. The molecule has 5 nitrogen and oxygen atoms in total. The number of ether oxygens (including phenoxy) is 1. The van der Waals surface area contributed by atoms with E-state index in [0.717, 1.165) is 38.5 Å². The van der Waals surface area contributed by atoms with E-state index in [1.165, 1.54) is 0 Å². The van der Waals surface area contributed by atoms with Crippen LogP contribution >= 0.6 is 0 Å². The molecule has 0 heterocycles. The summed E-state index contributed by atoms with van der Waals surface area (Å²) in [7, 11) is -5.81. The predicted octanol–water partition coefficient (Wildman–Crippen LogP) is 3.25. The van der Waals surface area contributed by atoms with Gasteiger partial charge >= 0.3 is 21.3 Å². The van der Waals surface area contributed by atoms with E-state index < -0.39 is 26.8 Å². The quantitative estimate of drug-likeness (QED) is 0.605. The first-order valence-electron chi connectivity index (χ1n) is 7.99. The van der Waals surface area contributed by atoms with Gasteiger partial charge in [0.1, 0.15) is 0 Å². The lowest BCUT2D eigenvalue weighted by Crippen LogP contribution is -2.43. The average molecular weight is 354 g/mol. The Bertz CT molecular complexity index is 546. The zero-order valence-electron chi connectivity index (χ0n) is 13.4. The van der Waals surface area contributed by atoms with Crippen molar-refractivity contribution in [3.8, 4) is 0 Å². The Hall–Kier alpha value is -0.760. The minimum atomic E-state index is -5.81. The summed E-state index contributed by atoms with van der Waals surface area (Å²) in [6, 6.07) is 0. The van der Waals surface area contributed by atoms with Crippen LogP contribution in [0.25, 0.3) is 0 Å². The summed E-state index contributed by atoms with van der Waals surface area (Å²) in [5.74, 6) is -0.505. The Labute approximate surface area is 135 Å². The van der Waals surface area contributed by atoms with Gasteiger partial charge in [-0.3, -0.25) is 4.55 Å². The molecule has 8 heteroatoms. The highest BCUT2D eigenvalue weighted by molar-refractivity contribution is 7.87. The number of halogens is 2. The number of carbonyl (C=O) groups is 1. The molecule has 2 unspecified atom stereocenters. The van der Waals surface area contributed by atoms with Crippen molar-refractivity contribution in [3.63, 3.8) is 0 Å².